The standard InChI is InChI=1S/C11H17NO5/c1-3-6-12-8(4-5-9(12)13)11(16)17-7(2)10(14)15/h7-8H,3-6H2,1-2H3,(H,14,15)/t7?,8-/m0/s1. The van der Waals surface area contributed by atoms with E-state index in [2.05, 4.69) is 0 Å². The molecule has 0 spiro atoms. The zero-order valence-corrected chi connectivity index (χ0v) is 10.0. The molecule has 0 saturated carbocycles. The first-order valence-electron chi connectivity index (χ1n) is 5.70. The minimum absolute atomic E-state index is 0.0724. The van der Waals surface area contributed by atoms with E-state index in [1.165, 1.54) is 11.8 Å². The largest absolute Gasteiger partial charge is 0.479 e. The fraction of sp³-hybridized carbons (Fsp3) is 0.727. The molecule has 1 rings (SSSR count). The molecule has 1 heterocycles. The van der Waals surface area contributed by atoms with E-state index in [-0.39, 0.29) is 5.91 Å². The van der Waals surface area contributed by atoms with Crippen LogP contribution in [0.25, 0.3) is 0 Å². The lowest BCUT2D eigenvalue weighted by molar-refractivity contribution is -0.166. The second-order valence-electron chi connectivity index (χ2n) is 4.06. The number of carboxylic acid groups (broad SMARTS) is 1. The monoisotopic (exact) mass is 243 g/mol. The number of carbonyl (C=O) groups excluding carboxylic acids is 2. The third-order valence-electron chi connectivity index (χ3n) is 2.71. The van der Waals surface area contributed by atoms with Crippen LogP contribution in [0.1, 0.15) is 33.1 Å². The van der Waals surface area contributed by atoms with Gasteiger partial charge in [-0.2, -0.15) is 0 Å². The zero-order valence-electron chi connectivity index (χ0n) is 10.0. The van der Waals surface area contributed by atoms with Crippen LogP contribution < -0.4 is 0 Å². The summed E-state index contributed by atoms with van der Waals surface area (Å²) in [7, 11) is 0. The van der Waals surface area contributed by atoms with Crippen molar-refractivity contribution >= 4 is 17.8 Å². The van der Waals surface area contributed by atoms with Crippen LogP contribution in [0, 0.1) is 0 Å². The Morgan fingerprint density at radius 2 is 2.24 bits per heavy atom. The number of carboxylic acids is 1. The Balaban J connectivity index is 2.62. The Kier molecular flexibility index (Phi) is 4.48. The molecule has 0 radical (unpaired) electrons. The molecule has 0 aromatic heterocycles. The van der Waals surface area contributed by atoms with Gasteiger partial charge in [0.1, 0.15) is 6.04 Å². The van der Waals surface area contributed by atoms with Crippen molar-refractivity contribution in [2.75, 3.05) is 6.54 Å². The summed E-state index contributed by atoms with van der Waals surface area (Å²) in [5, 5.41) is 8.64. The minimum Gasteiger partial charge on any atom is -0.479 e. The van der Waals surface area contributed by atoms with Crippen LogP contribution >= 0.6 is 0 Å². The first kappa shape index (κ1) is 13.5. The van der Waals surface area contributed by atoms with Gasteiger partial charge in [0.2, 0.25) is 5.91 Å². The number of carbonyl (C=O) groups is 3. The third kappa shape index (κ3) is 3.18. The first-order valence-corrected chi connectivity index (χ1v) is 5.70. The average molecular weight is 243 g/mol. The van der Waals surface area contributed by atoms with Crippen LogP contribution in [0.5, 0.6) is 0 Å². The number of ether oxygens (including phenoxy) is 1. The van der Waals surface area contributed by atoms with Crippen molar-refractivity contribution in [3.63, 3.8) is 0 Å². The number of hydrogen-bond acceptors (Lipinski definition) is 4. The van der Waals surface area contributed by atoms with Crippen molar-refractivity contribution < 1.29 is 24.2 Å². The molecule has 1 N–H and O–H groups in total. The number of aliphatic carboxylic acids is 1. The molecule has 1 fully saturated rings. The molecule has 1 amide bonds. The van der Waals surface area contributed by atoms with Gasteiger partial charge in [0.15, 0.2) is 6.10 Å². The van der Waals surface area contributed by atoms with Gasteiger partial charge in [-0.3, -0.25) is 4.79 Å². The molecule has 0 aromatic rings. The van der Waals surface area contributed by atoms with E-state index >= 15 is 0 Å². The Bertz CT molecular complexity index is 328. The van der Waals surface area contributed by atoms with Crippen molar-refractivity contribution in [3.8, 4) is 0 Å². The summed E-state index contributed by atoms with van der Waals surface area (Å²) in [6.45, 7) is 3.70. The Morgan fingerprint density at radius 3 is 2.76 bits per heavy atom. The van der Waals surface area contributed by atoms with E-state index in [9.17, 15) is 14.4 Å². The number of amides is 1. The average Bonchev–Trinajstić information content (AvgIpc) is 2.61. The first-order chi connectivity index (χ1) is 7.97. The topological polar surface area (TPSA) is 83.9 Å². The van der Waals surface area contributed by atoms with Crippen LogP contribution in [-0.2, 0) is 19.1 Å². The van der Waals surface area contributed by atoms with Gasteiger partial charge in [0, 0.05) is 13.0 Å². The van der Waals surface area contributed by atoms with Crippen molar-refractivity contribution in [1.29, 1.82) is 0 Å². The Morgan fingerprint density at radius 1 is 1.59 bits per heavy atom. The second-order valence-corrected chi connectivity index (χ2v) is 4.06. The summed E-state index contributed by atoms with van der Waals surface area (Å²) in [6, 6.07) is -0.621. The van der Waals surface area contributed by atoms with Gasteiger partial charge in [0.25, 0.3) is 0 Å². The second kappa shape index (κ2) is 5.65. The van der Waals surface area contributed by atoms with E-state index in [0.717, 1.165) is 6.42 Å². The highest BCUT2D eigenvalue weighted by atomic mass is 16.6. The molecule has 17 heavy (non-hydrogen) atoms. The van der Waals surface area contributed by atoms with E-state index in [4.69, 9.17) is 9.84 Å². The summed E-state index contributed by atoms with van der Waals surface area (Å²) in [6.07, 6.45) is 0.302. The Hall–Kier alpha value is -1.59. The lowest BCUT2D eigenvalue weighted by Crippen LogP contribution is -2.41. The molecule has 2 atom stereocenters. The number of nitrogens with zero attached hydrogens (tertiary/aromatic N) is 1. The summed E-state index contributed by atoms with van der Waals surface area (Å²) >= 11 is 0. The molecule has 0 aromatic carbocycles. The molecular weight excluding hydrogens is 226 g/mol. The third-order valence-corrected chi connectivity index (χ3v) is 2.71. The van der Waals surface area contributed by atoms with Crippen molar-refractivity contribution in [2.45, 2.75) is 45.3 Å². The van der Waals surface area contributed by atoms with Crippen LogP contribution in [-0.4, -0.2) is 46.5 Å². The van der Waals surface area contributed by atoms with E-state index in [1.54, 1.807) is 0 Å². The van der Waals surface area contributed by atoms with Gasteiger partial charge in [0.05, 0.1) is 0 Å². The van der Waals surface area contributed by atoms with Gasteiger partial charge in [-0.25, -0.2) is 9.59 Å². The van der Waals surface area contributed by atoms with E-state index in [0.29, 0.717) is 19.4 Å². The molecule has 0 aliphatic carbocycles. The van der Waals surface area contributed by atoms with Crippen LogP contribution in [0.2, 0.25) is 0 Å². The van der Waals surface area contributed by atoms with E-state index in [1.807, 2.05) is 6.92 Å². The van der Waals surface area contributed by atoms with Crippen molar-refractivity contribution in [3.05, 3.63) is 0 Å². The fourth-order valence-corrected chi connectivity index (χ4v) is 1.80. The van der Waals surface area contributed by atoms with E-state index < -0.39 is 24.1 Å². The van der Waals surface area contributed by atoms with Crippen LogP contribution in [0.4, 0.5) is 0 Å². The maximum Gasteiger partial charge on any atom is 0.344 e. The summed E-state index contributed by atoms with van der Waals surface area (Å²) in [5.41, 5.74) is 0. The predicted octanol–water partition coefficient (Wildman–Crippen LogP) is 0.404. The maximum absolute atomic E-state index is 11.7. The van der Waals surface area contributed by atoms with Crippen molar-refractivity contribution in [1.82, 2.24) is 4.90 Å². The highest BCUT2D eigenvalue weighted by molar-refractivity contribution is 5.89. The summed E-state index contributed by atoms with van der Waals surface area (Å²) < 4.78 is 4.79. The van der Waals surface area contributed by atoms with Gasteiger partial charge >= 0.3 is 11.9 Å². The Labute approximate surface area is 99.5 Å². The van der Waals surface area contributed by atoms with Gasteiger partial charge < -0.3 is 14.7 Å². The normalized spacial score (nSPS) is 21.4. The fourth-order valence-electron chi connectivity index (χ4n) is 1.80. The summed E-state index contributed by atoms with van der Waals surface area (Å²) in [4.78, 5) is 35.2. The molecule has 96 valence electrons. The molecule has 1 aliphatic heterocycles. The predicted molar refractivity (Wildman–Crippen MR) is 58.2 cm³/mol. The molecule has 0 bridgehead atoms. The SMILES string of the molecule is CCCN1C(=O)CC[C@H]1C(=O)OC(C)C(=O)O. The van der Waals surface area contributed by atoms with Crippen LogP contribution in [0.15, 0.2) is 0 Å². The quantitative estimate of drug-likeness (QED) is 0.707. The lowest BCUT2D eigenvalue weighted by atomic mass is 10.2. The van der Waals surface area contributed by atoms with Gasteiger partial charge in [-0.1, -0.05) is 6.92 Å². The molecular formula is C11H17NO5. The maximum atomic E-state index is 11.7. The molecule has 6 heteroatoms. The van der Waals surface area contributed by atoms with Gasteiger partial charge in [-0.15, -0.1) is 0 Å². The lowest BCUT2D eigenvalue weighted by Gasteiger charge is -2.23. The minimum atomic E-state index is -1.19. The smallest absolute Gasteiger partial charge is 0.344 e. The van der Waals surface area contributed by atoms with Gasteiger partial charge in [-0.05, 0) is 19.8 Å². The highest BCUT2D eigenvalue weighted by Gasteiger charge is 2.37. The number of esters is 1. The number of hydrogen-bond donors (Lipinski definition) is 1. The summed E-state index contributed by atoms with van der Waals surface area (Å²) in [5.74, 6) is -1.89. The molecule has 1 saturated heterocycles. The number of likely N-dealkylation sites (tertiary alicyclic amines) is 1. The van der Waals surface area contributed by atoms with Crippen LogP contribution in [0.3, 0.4) is 0 Å². The molecule has 1 unspecified atom stereocenters. The molecule has 6 nitrogen and oxygen atoms in total. The zero-order chi connectivity index (χ0) is 13.0. The van der Waals surface area contributed by atoms with Crippen molar-refractivity contribution in [2.24, 2.45) is 0 Å². The highest BCUT2D eigenvalue weighted by Crippen LogP contribution is 2.20. The number of rotatable bonds is 5. The molecule has 1 aliphatic rings.